The molecule has 1 atom stereocenters. The van der Waals surface area contributed by atoms with Gasteiger partial charge in [0.1, 0.15) is 19.5 Å². The lowest BCUT2D eigenvalue weighted by Crippen LogP contribution is -2.30. The maximum Gasteiger partial charge on any atom is 0.290 e. The Balaban J connectivity index is 2.04. The number of carbonyl (C=O) groups is 1. The predicted molar refractivity (Wildman–Crippen MR) is 69.5 cm³/mol. The number of hydrogen-bond acceptors (Lipinski definition) is 4. The van der Waals surface area contributed by atoms with Crippen molar-refractivity contribution in [2.75, 3.05) is 20.3 Å². The molecule has 0 radical (unpaired) electrons. The van der Waals surface area contributed by atoms with E-state index in [1.54, 1.807) is 13.0 Å². The van der Waals surface area contributed by atoms with Crippen LogP contribution in [0.3, 0.4) is 0 Å². The van der Waals surface area contributed by atoms with Gasteiger partial charge in [-0.3, -0.25) is 4.79 Å². The molecule has 1 heterocycles. The molecule has 1 amide bonds. The van der Waals surface area contributed by atoms with Gasteiger partial charge in [0.05, 0.1) is 13.2 Å². The highest BCUT2D eigenvalue weighted by Crippen LogP contribution is 2.22. The van der Waals surface area contributed by atoms with Crippen molar-refractivity contribution in [2.45, 2.75) is 13.0 Å². The van der Waals surface area contributed by atoms with Crippen LogP contribution in [0.4, 0.5) is 4.39 Å². The molecule has 1 aliphatic rings. The number of rotatable bonds is 4. The van der Waals surface area contributed by atoms with Crippen molar-refractivity contribution >= 4 is 5.91 Å². The van der Waals surface area contributed by atoms with E-state index in [0.717, 1.165) is 0 Å². The van der Waals surface area contributed by atoms with Crippen LogP contribution in [0.2, 0.25) is 0 Å². The molecular formula is C14H16FNO4. The molecule has 1 aromatic carbocycles. The summed E-state index contributed by atoms with van der Waals surface area (Å²) >= 11 is 0. The Bertz CT molecular complexity index is 530. The predicted octanol–water partition coefficient (Wildman–Crippen LogP) is 1.90. The van der Waals surface area contributed by atoms with Crippen LogP contribution in [-0.4, -0.2) is 26.2 Å². The van der Waals surface area contributed by atoms with E-state index in [0.29, 0.717) is 18.8 Å². The third-order valence-corrected chi connectivity index (χ3v) is 2.90. The van der Waals surface area contributed by atoms with Crippen molar-refractivity contribution in [1.82, 2.24) is 5.32 Å². The van der Waals surface area contributed by atoms with E-state index in [4.69, 9.17) is 14.2 Å². The summed E-state index contributed by atoms with van der Waals surface area (Å²) in [7, 11) is 1.40. The summed E-state index contributed by atoms with van der Waals surface area (Å²) in [5.74, 6) is -0.577. The summed E-state index contributed by atoms with van der Waals surface area (Å²) in [5, 5.41) is 2.71. The average molecular weight is 281 g/mol. The van der Waals surface area contributed by atoms with Crippen LogP contribution in [0.1, 0.15) is 18.5 Å². The zero-order valence-corrected chi connectivity index (χ0v) is 11.3. The van der Waals surface area contributed by atoms with E-state index in [1.807, 2.05) is 0 Å². The number of amides is 1. The first-order chi connectivity index (χ1) is 9.61. The molecule has 0 saturated carbocycles. The molecule has 6 heteroatoms. The molecule has 2 rings (SSSR count). The fraction of sp³-hybridized carbons (Fsp3) is 0.357. The molecule has 1 aliphatic heterocycles. The van der Waals surface area contributed by atoms with Gasteiger partial charge in [0.2, 0.25) is 5.76 Å². The first kappa shape index (κ1) is 14.2. The van der Waals surface area contributed by atoms with E-state index in [9.17, 15) is 9.18 Å². The van der Waals surface area contributed by atoms with E-state index in [1.165, 1.54) is 25.5 Å². The minimum atomic E-state index is -0.470. The van der Waals surface area contributed by atoms with E-state index in [-0.39, 0.29) is 17.6 Å². The van der Waals surface area contributed by atoms with Gasteiger partial charge in [0.25, 0.3) is 5.91 Å². The van der Waals surface area contributed by atoms with E-state index < -0.39 is 11.7 Å². The Morgan fingerprint density at radius 3 is 2.85 bits per heavy atom. The SMILES string of the molecule is COc1ccc(C(C)NC(=O)C2=COCCO2)cc1F. The molecule has 0 fully saturated rings. The zero-order valence-electron chi connectivity index (χ0n) is 11.3. The van der Waals surface area contributed by atoms with Crippen LogP contribution in [0.15, 0.2) is 30.2 Å². The van der Waals surface area contributed by atoms with Gasteiger partial charge in [0.15, 0.2) is 11.6 Å². The Morgan fingerprint density at radius 1 is 1.45 bits per heavy atom. The number of halogens is 1. The van der Waals surface area contributed by atoms with Gasteiger partial charge in [-0.1, -0.05) is 6.07 Å². The van der Waals surface area contributed by atoms with Gasteiger partial charge in [-0.2, -0.15) is 0 Å². The fourth-order valence-electron chi connectivity index (χ4n) is 1.79. The van der Waals surface area contributed by atoms with Gasteiger partial charge in [-0.25, -0.2) is 4.39 Å². The minimum absolute atomic E-state index is 0.122. The summed E-state index contributed by atoms with van der Waals surface area (Å²) in [4.78, 5) is 11.9. The maximum atomic E-state index is 13.6. The van der Waals surface area contributed by atoms with Crippen molar-refractivity contribution in [1.29, 1.82) is 0 Å². The van der Waals surface area contributed by atoms with Gasteiger partial charge in [-0.05, 0) is 24.6 Å². The van der Waals surface area contributed by atoms with Crippen LogP contribution in [0.5, 0.6) is 5.75 Å². The highest BCUT2D eigenvalue weighted by atomic mass is 19.1. The van der Waals surface area contributed by atoms with E-state index in [2.05, 4.69) is 5.32 Å². The molecule has 1 unspecified atom stereocenters. The Hall–Kier alpha value is -2.24. The standard InChI is InChI=1S/C14H16FNO4/c1-9(10-3-4-12(18-2)11(15)7-10)16-14(17)13-8-19-5-6-20-13/h3-4,7-9H,5-6H2,1-2H3,(H,16,17). The quantitative estimate of drug-likeness (QED) is 0.915. The monoisotopic (exact) mass is 281 g/mol. The Morgan fingerprint density at radius 2 is 2.25 bits per heavy atom. The van der Waals surface area contributed by atoms with Crippen molar-refractivity contribution in [3.8, 4) is 5.75 Å². The molecule has 20 heavy (non-hydrogen) atoms. The molecule has 0 aromatic heterocycles. The number of nitrogens with one attached hydrogen (secondary N) is 1. The second-order valence-electron chi connectivity index (χ2n) is 4.29. The molecule has 0 saturated heterocycles. The summed E-state index contributed by atoms with van der Waals surface area (Å²) in [6.45, 7) is 2.52. The van der Waals surface area contributed by atoms with Crippen molar-refractivity contribution in [3.63, 3.8) is 0 Å². The molecular weight excluding hydrogens is 265 g/mol. The largest absolute Gasteiger partial charge is 0.494 e. The van der Waals surface area contributed by atoms with Crippen molar-refractivity contribution in [3.05, 3.63) is 41.6 Å². The molecule has 0 aliphatic carbocycles. The van der Waals surface area contributed by atoms with Crippen molar-refractivity contribution in [2.24, 2.45) is 0 Å². The van der Waals surface area contributed by atoms with Crippen LogP contribution < -0.4 is 10.1 Å². The number of benzene rings is 1. The molecule has 1 N–H and O–H groups in total. The summed E-state index contributed by atoms with van der Waals surface area (Å²) in [5.41, 5.74) is 0.633. The molecule has 108 valence electrons. The van der Waals surface area contributed by atoms with Crippen molar-refractivity contribution < 1.29 is 23.4 Å². The molecule has 0 spiro atoms. The second-order valence-corrected chi connectivity index (χ2v) is 4.29. The second kappa shape index (κ2) is 6.27. The van der Waals surface area contributed by atoms with E-state index >= 15 is 0 Å². The van der Waals surface area contributed by atoms with Crippen LogP contribution in [0, 0.1) is 5.82 Å². The lowest BCUT2D eigenvalue weighted by molar-refractivity contribution is -0.122. The van der Waals surface area contributed by atoms with Crippen LogP contribution in [0.25, 0.3) is 0 Å². The highest BCUT2D eigenvalue weighted by molar-refractivity contribution is 5.91. The van der Waals surface area contributed by atoms with Gasteiger partial charge in [0, 0.05) is 0 Å². The Kier molecular flexibility index (Phi) is 4.45. The summed E-state index contributed by atoms with van der Waals surface area (Å²) in [6, 6.07) is 4.18. The fourth-order valence-corrected chi connectivity index (χ4v) is 1.79. The third-order valence-electron chi connectivity index (χ3n) is 2.90. The van der Waals surface area contributed by atoms with Gasteiger partial charge >= 0.3 is 0 Å². The zero-order chi connectivity index (χ0) is 14.5. The summed E-state index contributed by atoms with van der Waals surface area (Å²) in [6.07, 6.45) is 1.28. The van der Waals surface area contributed by atoms with Crippen LogP contribution in [-0.2, 0) is 14.3 Å². The maximum absolute atomic E-state index is 13.6. The lowest BCUT2D eigenvalue weighted by Gasteiger charge is -2.18. The lowest BCUT2D eigenvalue weighted by atomic mass is 10.1. The average Bonchev–Trinajstić information content (AvgIpc) is 2.48. The van der Waals surface area contributed by atoms with Crippen LogP contribution >= 0.6 is 0 Å². The normalized spacial score (nSPS) is 15.4. The van der Waals surface area contributed by atoms with Gasteiger partial charge in [-0.15, -0.1) is 0 Å². The number of carbonyl (C=O) groups excluding carboxylic acids is 1. The number of ether oxygens (including phenoxy) is 3. The third kappa shape index (κ3) is 3.20. The first-order valence-electron chi connectivity index (χ1n) is 6.20. The smallest absolute Gasteiger partial charge is 0.290 e. The topological polar surface area (TPSA) is 56.8 Å². The first-order valence-corrected chi connectivity index (χ1v) is 6.20. The Labute approximate surface area is 116 Å². The highest BCUT2D eigenvalue weighted by Gasteiger charge is 2.18. The minimum Gasteiger partial charge on any atom is -0.494 e. The number of hydrogen-bond donors (Lipinski definition) is 1. The number of methoxy groups -OCH3 is 1. The molecule has 5 nitrogen and oxygen atoms in total. The van der Waals surface area contributed by atoms with Gasteiger partial charge < -0.3 is 19.5 Å². The summed E-state index contributed by atoms with van der Waals surface area (Å²) < 4.78 is 28.6. The molecule has 0 bridgehead atoms. The molecule has 1 aromatic rings.